The Labute approximate surface area is 162 Å². The molecule has 10 heteroatoms. The van der Waals surface area contributed by atoms with Crippen molar-refractivity contribution in [3.05, 3.63) is 36.7 Å². The van der Waals surface area contributed by atoms with Crippen LogP contribution in [0.4, 0.5) is 16.4 Å². The summed E-state index contributed by atoms with van der Waals surface area (Å²) in [5, 5.41) is 13.6. The molecule has 150 valence electrons. The van der Waals surface area contributed by atoms with Crippen LogP contribution in [0.3, 0.4) is 0 Å². The van der Waals surface area contributed by atoms with Gasteiger partial charge >= 0.3 is 6.03 Å². The van der Waals surface area contributed by atoms with Crippen molar-refractivity contribution in [1.82, 2.24) is 25.6 Å². The minimum Gasteiger partial charge on any atom is -0.380 e. The zero-order valence-electron chi connectivity index (χ0n) is 16.6. The number of rotatable bonds is 1. The van der Waals surface area contributed by atoms with E-state index in [2.05, 4.69) is 30.9 Å². The summed E-state index contributed by atoms with van der Waals surface area (Å²) in [5.74, 6) is 0.760. The van der Waals surface area contributed by atoms with Crippen LogP contribution in [0.5, 0.6) is 0 Å². The lowest BCUT2D eigenvalue weighted by molar-refractivity contribution is 0.253. The molecule has 4 heterocycles. The SMILES string of the molecule is CC.CC.CNC(=O)Nc1noc2ncccc12.Nc1noc2ncccc12. The smallest absolute Gasteiger partial charge is 0.320 e. The number of fused-ring (bicyclic) bond motifs is 2. The molecule has 0 fully saturated rings. The van der Waals surface area contributed by atoms with E-state index in [9.17, 15) is 4.79 Å². The number of nitrogens with one attached hydrogen (secondary N) is 2. The number of anilines is 2. The second-order valence-corrected chi connectivity index (χ2v) is 4.52. The Morgan fingerprint density at radius 2 is 1.46 bits per heavy atom. The quantitative estimate of drug-likeness (QED) is 0.447. The van der Waals surface area contributed by atoms with E-state index in [1.54, 1.807) is 30.6 Å². The van der Waals surface area contributed by atoms with E-state index in [0.717, 1.165) is 5.39 Å². The fraction of sp³-hybridized carbons (Fsp3) is 0.278. The average molecular weight is 387 g/mol. The molecule has 0 radical (unpaired) electrons. The molecule has 4 aromatic heterocycles. The number of urea groups is 1. The Hall–Kier alpha value is -3.69. The first-order valence-electron chi connectivity index (χ1n) is 8.84. The van der Waals surface area contributed by atoms with Gasteiger partial charge < -0.3 is 20.1 Å². The van der Waals surface area contributed by atoms with Crippen LogP contribution in [0, 0.1) is 0 Å². The Morgan fingerprint density at radius 3 is 2.04 bits per heavy atom. The highest BCUT2D eigenvalue weighted by molar-refractivity contribution is 5.96. The minimum atomic E-state index is -0.343. The number of aromatic nitrogens is 4. The van der Waals surface area contributed by atoms with Crippen LogP contribution in [0.15, 0.2) is 45.7 Å². The molecule has 4 rings (SSSR count). The molecule has 10 nitrogen and oxygen atoms in total. The topological polar surface area (TPSA) is 145 Å². The fourth-order valence-corrected chi connectivity index (χ4v) is 1.84. The number of pyridine rings is 2. The van der Waals surface area contributed by atoms with Gasteiger partial charge in [0.15, 0.2) is 11.6 Å². The van der Waals surface area contributed by atoms with Crippen LogP contribution in [-0.2, 0) is 0 Å². The van der Waals surface area contributed by atoms with E-state index < -0.39 is 0 Å². The molecule has 4 N–H and O–H groups in total. The molecule has 0 atom stereocenters. The molecule has 0 aliphatic carbocycles. The monoisotopic (exact) mass is 387 g/mol. The van der Waals surface area contributed by atoms with Crippen molar-refractivity contribution in [2.45, 2.75) is 27.7 Å². The third-order valence-electron chi connectivity index (χ3n) is 2.99. The van der Waals surface area contributed by atoms with Gasteiger partial charge in [0.1, 0.15) is 0 Å². The van der Waals surface area contributed by atoms with Crippen LogP contribution >= 0.6 is 0 Å². The second-order valence-electron chi connectivity index (χ2n) is 4.52. The van der Waals surface area contributed by atoms with Crippen molar-refractivity contribution in [2.75, 3.05) is 18.1 Å². The fourth-order valence-electron chi connectivity index (χ4n) is 1.84. The van der Waals surface area contributed by atoms with E-state index >= 15 is 0 Å². The van der Waals surface area contributed by atoms with Gasteiger partial charge in [-0.15, -0.1) is 0 Å². The summed E-state index contributed by atoms with van der Waals surface area (Å²) < 4.78 is 9.65. The van der Waals surface area contributed by atoms with Crippen LogP contribution in [0.25, 0.3) is 22.2 Å². The molecule has 28 heavy (non-hydrogen) atoms. The van der Waals surface area contributed by atoms with Crippen LogP contribution in [0.1, 0.15) is 27.7 Å². The Balaban J connectivity index is 0.000000246. The zero-order valence-corrected chi connectivity index (χ0v) is 16.6. The lowest BCUT2D eigenvalue weighted by atomic mass is 10.3. The molecule has 0 spiro atoms. The van der Waals surface area contributed by atoms with Gasteiger partial charge in [-0.3, -0.25) is 5.32 Å². The Bertz CT molecular complexity index is 981. The number of amides is 2. The van der Waals surface area contributed by atoms with Crippen molar-refractivity contribution >= 4 is 39.9 Å². The van der Waals surface area contributed by atoms with E-state index in [1.807, 2.05) is 33.8 Å². The average Bonchev–Trinajstić information content (AvgIpc) is 3.35. The first-order chi connectivity index (χ1) is 13.7. The van der Waals surface area contributed by atoms with E-state index in [-0.39, 0.29) is 6.03 Å². The summed E-state index contributed by atoms with van der Waals surface area (Å²) in [5.41, 5.74) is 6.32. The van der Waals surface area contributed by atoms with Gasteiger partial charge in [-0.1, -0.05) is 38.0 Å². The molecule has 0 aliphatic heterocycles. The first-order valence-corrected chi connectivity index (χ1v) is 8.84. The molecule has 0 bridgehead atoms. The lowest BCUT2D eigenvalue weighted by Gasteiger charge is -1.98. The Morgan fingerprint density at radius 1 is 0.929 bits per heavy atom. The summed E-state index contributed by atoms with van der Waals surface area (Å²) in [6.07, 6.45) is 3.23. The summed E-state index contributed by atoms with van der Waals surface area (Å²) in [6, 6.07) is 6.77. The van der Waals surface area contributed by atoms with E-state index in [4.69, 9.17) is 14.8 Å². The van der Waals surface area contributed by atoms with E-state index in [1.165, 1.54) is 7.05 Å². The highest BCUT2D eigenvalue weighted by Gasteiger charge is 2.09. The van der Waals surface area contributed by atoms with Gasteiger partial charge in [0, 0.05) is 19.4 Å². The van der Waals surface area contributed by atoms with Gasteiger partial charge in [-0.05, 0) is 24.3 Å². The number of hydrogen-bond donors (Lipinski definition) is 3. The molecule has 2 amide bonds. The number of hydrogen-bond acceptors (Lipinski definition) is 8. The van der Waals surface area contributed by atoms with Crippen LogP contribution in [0.2, 0.25) is 0 Å². The number of nitrogens with zero attached hydrogens (tertiary/aromatic N) is 4. The van der Waals surface area contributed by atoms with Gasteiger partial charge in [0.2, 0.25) is 0 Å². The summed E-state index contributed by atoms with van der Waals surface area (Å²) in [7, 11) is 1.52. The lowest BCUT2D eigenvalue weighted by Crippen LogP contribution is -2.24. The van der Waals surface area contributed by atoms with Gasteiger partial charge in [-0.2, -0.15) is 0 Å². The van der Waals surface area contributed by atoms with Crippen molar-refractivity contribution in [3.8, 4) is 0 Å². The molecule has 0 unspecified atom stereocenters. The number of carbonyl (C=O) groups excluding carboxylic acids is 1. The maximum atomic E-state index is 11.0. The number of nitrogens with two attached hydrogens (primary N) is 1. The molecular formula is C18H25N7O3. The molecule has 0 aromatic carbocycles. The van der Waals surface area contributed by atoms with Crippen LogP contribution in [-0.4, -0.2) is 33.4 Å². The normalized spacial score (nSPS) is 9.18. The summed E-state index contributed by atoms with van der Waals surface area (Å²) in [6.45, 7) is 8.00. The van der Waals surface area contributed by atoms with Gasteiger partial charge in [0.25, 0.3) is 11.4 Å². The largest absolute Gasteiger partial charge is 0.380 e. The van der Waals surface area contributed by atoms with E-state index in [0.29, 0.717) is 28.4 Å². The molecule has 0 saturated heterocycles. The third kappa shape index (κ3) is 5.66. The predicted molar refractivity (Wildman–Crippen MR) is 109 cm³/mol. The van der Waals surface area contributed by atoms with Crippen LogP contribution < -0.4 is 16.4 Å². The summed E-state index contributed by atoms with van der Waals surface area (Å²) >= 11 is 0. The first kappa shape index (κ1) is 22.4. The Kier molecular flexibility index (Phi) is 9.45. The molecule has 0 aliphatic rings. The molecule has 4 aromatic rings. The minimum absolute atomic E-state index is 0.343. The van der Waals surface area contributed by atoms with Gasteiger partial charge in [-0.25, -0.2) is 14.8 Å². The highest BCUT2D eigenvalue weighted by Crippen LogP contribution is 2.19. The predicted octanol–water partition coefficient (Wildman–Crippen LogP) is 3.83. The number of nitrogen functional groups attached to an aromatic ring is 1. The highest BCUT2D eigenvalue weighted by atomic mass is 16.5. The maximum absolute atomic E-state index is 11.0. The van der Waals surface area contributed by atoms with Crippen molar-refractivity contribution in [3.63, 3.8) is 0 Å². The number of carbonyl (C=O) groups is 1. The maximum Gasteiger partial charge on any atom is 0.320 e. The zero-order chi connectivity index (χ0) is 20.9. The molecule has 0 saturated carbocycles. The standard InChI is InChI=1S/C8H8N4O2.C6H5N3O.2C2H6/c1-9-8(13)11-6-5-3-2-4-10-7(5)14-12-6;7-5-4-2-1-3-8-6(4)10-9-5;2*1-2/h2-4H,1H3,(H2,9,11,12,13);1-3H,(H2,7,9);2*1-2H3. The van der Waals surface area contributed by atoms with Crippen molar-refractivity contribution < 1.29 is 13.8 Å². The van der Waals surface area contributed by atoms with Crippen molar-refractivity contribution in [2.24, 2.45) is 0 Å². The van der Waals surface area contributed by atoms with Crippen molar-refractivity contribution in [1.29, 1.82) is 0 Å². The van der Waals surface area contributed by atoms with Gasteiger partial charge in [0.05, 0.1) is 10.8 Å². The summed E-state index contributed by atoms with van der Waals surface area (Å²) in [4.78, 5) is 18.8. The second kappa shape index (κ2) is 11.8. The third-order valence-corrected chi connectivity index (χ3v) is 2.99. The molecular weight excluding hydrogens is 362 g/mol.